The highest BCUT2D eigenvalue weighted by Gasteiger charge is 2.49. The van der Waals surface area contributed by atoms with E-state index in [1.165, 1.54) is 40.0 Å². The number of rotatable bonds is 10. The second kappa shape index (κ2) is 11.8. The van der Waals surface area contributed by atoms with Crippen molar-refractivity contribution in [3.05, 3.63) is 41.9 Å². The van der Waals surface area contributed by atoms with Gasteiger partial charge in [0.15, 0.2) is 5.82 Å². The zero-order chi connectivity index (χ0) is 33.8. The van der Waals surface area contributed by atoms with Gasteiger partial charge in [0.2, 0.25) is 5.88 Å². The first kappa shape index (κ1) is 34.6. The molecule has 1 N–H and O–H groups in total. The third-order valence-corrected chi connectivity index (χ3v) is 14.3. The molecule has 1 fully saturated rings. The smallest absolute Gasteiger partial charge is 0.397 e. The van der Waals surface area contributed by atoms with Gasteiger partial charge in [0.1, 0.15) is 17.3 Å². The SMILES string of the molecule is CCS(C)(C)C1(C)C[C@H](C)CN1c1nc(-n2ccc(OCC(C)(C)C(F)(F)F)n2)ccc1C(=O)NS(=O)(=O)c1cn(C)nc1C.[HH]. The molecule has 16 heteroatoms. The average Bonchev–Trinajstić information content (AvgIpc) is 3.63. The van der Waals surface area contributed by atoms with E-state index in [9.17, 15) is 26.4 Å². The Morgan fingerprint density at radius 1 is 1.20 bits per heavy atom. The van der Waals surface area contributed by atoms with Gasteiger partial charge < -0.3 is 9.64 Å². The van der Waals surface area contributed by atoms with Crippen molar-refractivity contribution in [2.45, 2.75) is 63.9 Å². The first-order valence-corrected chi connectivity index (χ1v) is 18.5. The van der Waals surface area contributed by atoms with Gasteiger partial charge in [0, 0.05) is 33.5 Å². The van der Waals surface area contributed by atoms with Crippen molar-refractivity contribution in [1.29, 1.82) is 0 Å². The van der Waals surface area contributed by atoms with Gasteiger partial charge in [0.05, 0.1) is 21.5 Å². The molecule has 1 unspecified atom stereocenters. The Hall–Kier alpha value is -3.27. The largest absolute Gasteiger partial charge is 0.476 e. The summed E-state index contributed by atoms with van der Waals surface area (Å²) in [5.41, 5.74) is -1.78. The van der Waals surface area contributed by atoms with Crippen LogP contribution in [0.2, 0.25) is 0 Å². The highest BCUT2D eigenvalue weighted by atomic mass is 32.3. The number of nitrogens with zero attached hydrogens (tertiary/aromatic N) is 6. The van der Waals surface area contributed by atoms with Crippen molar-refractivity contribution in [2.24, 2.45) is 18.4 Å². The van der Waals surface area contributed by atoms with Crippen LogP contribution in [0.1, 0.15) is 58.5 Å². The van der Waals surface area contributed by atoms with E-state index in [-0.39, 0.29) is 40.1 Å². The number of aromatic nitrogens is 5. The van der Waals surface area contributed by atoms with Crippen LogP contribution in [0.4, 0.5) is 19.0 Å². The van der Waals surface area contributed by atoms with Crippen LogP contribution in [0.5, 0.6) is 5.88 Å². The van der Waals surface area contributed by atoms with Gasteiger partial charge in [-0.3, -0.25) is 9.48 Å². The maximum atomic E-state index is 13.7. The Morgan fingerprint density at radius 3 is 2.44 bits per heavy atom. The van der Waals surface area contributed by atoms with E-state index >= 15 is 0 Å². The maximum Gasteiger partial charge on any atom is 0.397 e. The second-order valence-corrected chi connectivity index (χ2v) is 19.1. The zero-order valence-electron chi connectivity index (χ0n) is 27.1. The molecule has 1 aliphatic heterocycles. The molecule has 3 aromatic rings. The van der Waals surface area contributed by atoms with Crippen molar-refractivity contribution in [1.82, 2.24) is 29.3 Å². The van der Waals surface area contributed by atoms with Gasteiger partial charge in [-0.15, -0.1) is 5.10 Å². The van der Waals surface area contributed by atoms with E-state index in [1.54, 1.807) is 14.0 Å². The molecule has 1 saturated heterocycles. The summed E-state index contributed by atoms with van der Waals surface area (Å²) in [5, 5.41) is 8.36. The Morgan fingerprint density at radius 2 is 1.87 bits per heavy atom. The monoisotopic (exact) mass is 675 g/mol. The number of nitrogens with one attached hydrogen (secondary N) is 1. The molecule has 0 bridgehead atoms. The molecule has 4 rings (SSSR count). The lowest BCUT2D eigenvalue weighted by Crippen LogP contribution is -2.47. The molecular formula is C29H44F3N7O4S2. The lowest BCUT2D eigenvalue weighted by atomic mass is 9.94. The normalized spacial score (nSPS) is 20.0. The van der Waals surface area contributed by atoms with Crippen LogP contribution in [0.3, 0.4) is 0 Å². The molecule has 0 saturated carbocycles. The minimum absolute atomic E-state index is 0. The summed E-state index contributed by atoms with van der Waals surface area (Å²) in [5.74, 6) is 0.877. The summed E-state index contributed by atoms with van der Waals surface area (Å²) in [4.78, 5) is 20.2. The van der Waals surface area contributed by atoms with Gasteiger partial charge in [-0.25, -0.2) is 32.8 Å². The van der Waals surface area contributed by atoms with E-state index in [0.717, 1.165) is 26.0 Å². The fourth-order valence-electron chi connectivity index (χ4n) is 5.34. The maximum absolute atomic E-state index is 13.7. The van der Waals surface area contributed by atoms with Crippen molar-refractivity contribution in [3.63, 3.8) is 0 Å². The molecule has 0 aromatic carbocycles. The Bertz CT molecular complexity index is 1690. The predicted molar refractivity (Wildman–Crippen MR) is 171 cm³/mol. The van der Waals surface area contributed by atoms with E-state index in [2.05, 4.69) is 53.1 Å². The number of carbonyl (C=O) groups excluding carboxylic acids is 1. The minimum Gasteiger partial charge on any atom is -0.476 e. The average molecular weight is 676 g/mol. The summed E-state index contributed by atoms with van der Waals surface area (Å²) >= 11 is 0. The number of aryl methyl sites for hydroxylation is 2. The molecule has 11 nitrogen and oxygen atoms in total. The van der Waals surface area contributed by atoms with Gasteiger partial charge in [-0.2, -0.15) is 18.3 Å². The molecule has 1 amide bonds. The molecule has 45 heavy (non-hydrogen) atoms. The van der Waals surface area contributed by atoms with Crippen LogP contribution in [0.15, 0.2) is 35.5 Å². The molecule has 1 aliphatic rings. The van der Waals surface area contributed by atoms with Crippen LogP contribution in [-0.2, 0) is 17.1 Å². The second-order valence-electron chi connectivity index (χ2n) is 12.9. The van der Waals surface area contributed by atoms with Gasteiger partial charge in [-0.05, 0) is 70.4 Å². The minimum atomic E-state index is -4.46. The number of hydrogen-bond acceptors (Lipinski definition) is 8. The summed E-state index contributed by atoms with van der Waals surface area (Å²) < 4.78 is 76.7. The number of ether oxygens (including phenoxy) is 1. The molecule has 4 heterocycles. The van der Waals surface area contributed by atoms with E-state index in [4.69, 9.17) is 9.72 Å². The number of alkyl halides is 3. The van der Waals surface area contributed by atoms with Crippen LogP contribution in [0.25, 0.3) is 5.82 Å². The Balaban J connectivity index is 0.00000576. The van der Waals surface area contributed by atoms with Crippen molar-refractivity contribution in [2.75, 3.05) is 36.3 Å². The Labute approximate surface area is 265 Å². The third kappa shape index (κ3) is 6.67. The molecule has 0 spiro atoms. The van der Waals surface area contributed by atoms with Gasteiger partial charge in [0.25, 0.3) is 15.9 Å². The number of carbonyl (C=O) groups is 1. The lowest BCUT2D eigenvalue weighted by molar-refractivity contribution is -0.219. The third-order valence-electron chi connectivity index (χ3n) is 8.70. The fourth-order valence-corrected chi connectivity index (χ4v) is 8.64. The first-order chi connectivity index (χ1) is 20.6. The Kier molecular flexibility index (Phi) is 9.09. The quantitative estimate of drug-likeness (QED) is 0.308. The summed E-state index contributed by atoms with van der Waals surface area (Å²) in [6.45, 7) is 10.0. The number of amides is 1. The van der Waals surface area contributed by atoms with Crippen LogP contribution >= 0.6 is 10.0 Å². The summed E-state index contributed by atoms with van der Waals surface area (Å²) in [6, 6.07) is 4.43. The number of anilines is 1. The molecule has 2 atom stereocenters. The highest BCUT2D eigenvalue weighted by molar-refractivity contribution is 8.33. The van der Waals surface area contributed by atoms with E-state index in [1.807, 2.05) is 0 Å². The van der Waals surface area contributed by atoms with Crippen molar-refractivity contribution >= 4 is 31.8 Å². The van der Waals surface area contributed by atoms with Crippen LogP contribution in [0, 0.1) is 18.3 Å². The summed E-state index contributed by atoms with van der Waals surface area (Å²) in [6.07, 6.45) is 3.68. The van der Waals surface area contributed by atoms with Crippen LogP contribution in [-0.4, -0.2) is 81.3 Å². The number of hydrogen-bond donors (Lipinski definition) is 1. The van der Waals surface area contributed by atoms with E-state index in [0.29, 0.717) is 12.4 Å². The number of halogens is 3. The lowest BCUT2D eigenvalue weighted by Gasteiger charge is -2.52. The van der Waals surface area contributed by atoms with Gasteiger partial charge >= 0.3 is 6.18 Å². The van der Waals surface area contributed by atoms with Crippen molar-refractivity contribution in [3.8, 4) is 11.7 Å². The van der Waals surface area contributed by atoms with Crippen LogP contribution < -0.4 is 14.4 Å². The van der Waals surface area contributed by atoms with Crippen molar-refractivity contribution < 1.29 is 32.5 Å². The molecule has 3 aromatic heterocycles. The van der Waals surface area contributed by atoms with E-state index < -0.39 is 44.2 Å². The predicted octanol–water partition coefficient (Wildman–Crippen LogP) is 5.29. The standard InChI is InChI=1S/C29H42F3N7O4S2.H2/c1-10-44(8,9)28(6)15-19(2)16-38(28)25-21(26(40)36-45(41,42)22-17-37(7)34-20(22)3)11-12-23(33-25)39-14-13-24(35-39)43-18-27(4,5)29(30,31)32;/h11-14,17,19H,10,15-16,18H2,1-9H3,(H,36,40);1H/t19-,28?;/m0./s1. The van der Waals surface area contributed by atoms with Gasteiger partial charge in [-0.1, -0.05) is 13.8 Å². The number of pyridine rings is 1. The molecule has 0 aliphatic carbocycles. The fraction of sp³-hybridized carbons (Fsp3) is 0.586. The number of sulfonamides is 1. The molecule has 252 valence electrons. The molecule has 0 radical (unpaired) electrons. The highest BCUT2D eigenvalue weighted by Crippen LogP contribution is 2.60. The molecular weight excluding hydrogens is 631 g/mol. The summed E-state index contributed by atoms with van der Waals surface area (Å²) in [7, 11) is -3.94. The topological polar surface area (TPSA) is 124 Å². The first-order valence-electron chi connectivity index (χ1n) is 14.4. The zero-order valence-corrected chi connectivity index (χ0v) is 28.7.